The van der Waals surface area contributed by atoms with Crippen molar-refractivity contribution in [3.63, 3.8) is 0 Å². The van der Waals surface area contributed by atoms with Gasteiger partial charge in [0, 0.05) is 6.20 Å². The SMILES string of the molecule is Cc1ccc(Cn2cc(NS(=O)(=O)c3cc(C)ccc3C)cn2)cc1. The predicted molar refractivity (Wildman–Crippen MR) is 99.2 cm³/mol. The monoisotopic (exact) mass is 355 g/mol. The molecule has 0 amide bonds. The predicted octanol–water partition coefficient (Wildman–Crippen LogP) is 3.66. The van der Waals surface area contributed by atoms with E-state index in [0.717, 1.165) is 11.1 Å². The first-order chi connectivity index (χ1) is 11.8. The maximum atomic E-state index is 12.6. The zero-order valence-corrected chi connectivity index (χ0v) is 15.3. The summed E-state index contributed by atoms with van der Waals surface area (Å²) >= 11 is 0. The van der Waals surface area contributed by atoms with Crippen LogP contribution in [-0.4, -0.2) is 18.2 Å². The highest BCUT2D eigenvalue weighted by Crippen LogP contribution is 2.20. The summed E-state index contributed by atoms with van der Waals surface area (Å²) in [6, 6.07) is 13.5. The number of aryl methyl sites for hydroxylation is 3. The molecule has 1 aromatic heterocycles. The fourth-order valence-electron chi connectivity index (χ4n) is 2.59. The van der Waals surface area contributed by atoms with Crippen molar-refractivity contribution >= 4 is 15.7 Å². The average Bonchev–Trinajstić information content (AvgIpc) is 2.98. The molecule has 0 saturated heterocycles. The van der Waals surface area contributed by atoms with Crippen LogP contribution in [0.25, 0.3) is 0 Å². The Morgan fingerprint density at radius 2 is 1.68 bits per heavy atom. The van der Waals surface area contributed by atoms with Gasteiger partial charge in [-0.3, -0.25) is 9.40 Å². The molecule has 1 heterocycles. The highest BCUT2D eigenvalue weighted by molar-refractivity contribution is 7.92. The van der Waals surface area contributed by atoms with Gasteiger partial charge in [-0.05, 0) is 43.5 Å². The Bertz CT molecular complexity index is 990. The van der Waals surface area contributed by atoms with Crippen LogP contribution >= 0.6 is 0 Å². The molecule has 0 unspecified atom stereocenters. The van der Waals surface area contributed by atoms with Crippen LogP contribution in [0.5, 0.6) is 0 Å². The summed E-state index contributed by atoms with van der Waals surface area (Å²) < 4.78 is 29.6. The molecule has 0 spiro atoms. The van der Waals surface area contributed by atoms with Gasteiger partial charge in [0.05, 0.1) is 23.3 Å². The van der Waals surface area contributed by atoms with Crippen LogP contribution in [0.3, 0.4) is 0 Å². The van der Waals surface area contributed by atoms with Gasteiger partial charge in [0.1, 0.15) is 0 Å². The normalized spacial score (nSPS) is 11.5. The first-order valence-corrected chi connectivity index (χ1v) is 9.50. The lowest BCUT2D eigenvalue weighted by Crippen LogP contribution is -2.14. The van der Waals surface area contributed by atoms with Crippen molar-refractivity contribution in [1.29, 1.82) is 0 Å². The molecule has 0 aliphatic heterocycles. The Morgan fingerprint density at radius 3 is 2.40 bits per heavy atom. The van der Waals surface area contributed by atoms with Crippen molar-refractivity contribution in [3.05, 3.63) is 77.1 Å². The molecule has 0 fully saturated rings. The molecule has 0 aliphatic carbocycles. The molecule has 3 rings (SSSR count). The zero-order valence-electron chi connectivity index (χ0n) is 14.5. The number of hydrogen-bond donors (Lipinski definition) is 1. The lowest BCUT2D eigenvalue weighted by molar-refractivity contribution is 0.600. The highest BCUT2D eigenvalue weighted by atomic mass is 32.2. The van der Waals surface area contributed by atoms with Gasteiger partial charge in [0.25, 0.3) is 10.0 Å². The second kappa shape index (κ2) is 6.72. The van der Waals surface area contributed by atoms with E-state index in [-0.39, 0.29) is 0 Å². The first-order valence-electron chi connectivity index (χ1n) is 8.01. The van der Waals surface area contributed by atoms with E-state index in [1.807, 2.05) is 50.2 Å². The Morgan fingerprint density at radius 1 is 1.00 bits per heavy atom. The smallest absolute Gasteiger partial charge is 0.262 e. The van der Waals surface area contributed by atoms with E-state index >= 15 is 0 Å². The van der Waals surface area contributed by atoms with Gasteiger partial charge >= 0.3 is 0 Å². The highest BCUT2D eigenvalue weighted by Gasteiger charge is 2.18. The maximum absolute atomic E-state index is 12.6. The quantitative estimate of drug-likeness (QED) is 0.760. The molecule has 0 radical (unpaired) electrons. The van der Waals surface area contributed by atoms with Crippen LogP contribution in [0.1, 0.15) is 22.3 Å². The number of aromatic nitrogens is 2. The molecule has 130 valence electrons. The van der Waals surface area contributed by atoms with E-state index in [0.29, 0.717) is 22.7 Å². The molecule has 0 atom stereocenters. The third kappa shape index (κ3) is 4.09. The number of sulfonamides is 1. The van der Waals surface area contributed by atoms with E-state index in [1.54, 1.807) is 23.9 Å². The van der Waals surface area contributed by atoms with Crippen molar-refractivity contribution < 1.29 is 8.42 Å². The molecule has 3 aromatic rings. The van der Waals surface area contributed by atoms with Crippen molar-refractivity contribution in [2.75, 3.05) is 4.72 Å². The number of nitrogens with one attached hydrogen (secondary N) is 1. The van der Waals surface area contributed by atoms with Gasteiger partial charge in [0.15, 0.2) is 0 Å². The fourth-order valence-corrected chi connectivity index (χ4v) is 3.95. The number of anilines is 1. The van der Waals surface area contributed by atoms with Crippen molar-refractivity contribution in [2.24, 2.45) is 0 Å². The summed E-state index contributed by atoms with van der Waals surface area (Å²) in [7, 11) is -3.63. The van der Waals surface area contributed by atoms with E-state index in [1.165, 1.54) is 11.8 Å². The third-order valence-electron chi connectivity index (χ3n) is 3.98. The molecule has 6 heteroatoms. The van der Waals surface area contributed by atoms with Gasteiger partial charge in [-0.2, -0.15) is 5.10 Å². The second-order valence-corrected chi connectivity index (χ2v) is 7.94. The molecule has 0 aliphatic rings. The average molecular weight is 355 g/mol. The van der Waals surface area contributed by atoms with Crippen LogP contribution < -0.4 is 4.72 Å². The summed E-state index contributed by atoms with van der Waals surface area (Å²) in [4.78, 5) is 0.291. The molecular formula is C19H21N3O2S. The fraction of sp³-hybridized carbons (Fsp3) is 0.211. The number of rotatable bonds is 5. The largest absolute Gasteiger partial charge is 0.276 e. The lowest BCUT2D eigenvalue weighted by atomic mass is 10.1. The van der Waals surface area contributed by atoms with E-state index < -0.39 is 10.0 Å². The van der Waals surface area contributed by atoms with Crippen LogP contribution in [0.15, 0.2) is 59.8 Å². The third-order valence-corrected chi connectivity index (χ3v) is 5.51. The Balaban J connectivity index is 1.78. The summed E-state index contributed by atoms with van der Waals surface area (Å²) in [5.74, 6) is 0. The van der Waals surface area contributed by atoms with Gasteiger partial charge < -0.3 is 0 Å². The van der Waals surface area contributed by atoms with Crippen molar-refractivity contribution in [1.82, 2.24) is 9.78 Å². The topological polar surface area (TPSA) is 64.0 Å². The molecule has 1 N–H and O–H groups in total. The molecular weight excluding hydrogens is 334 g/mol. The minimum Gasteiger partial charge on any atom is -0.276 e. The van der Waals surface area contributed by atoms with Crippen molar-refractivity contribution in [3.8, 4) is 0 Å². The summed E-state index contributed by atoms with van der Waals surface area (Å²) in [5.41, 5.74) is 4.38. The Hall–Kier alpha value is -2.60. The number of nitrogens with zero attached hydrogens (tertiary/aromatic N) is 2. The molecule has 25 heavy (non-hydrogen) atoms. The number of hydrogen-bond acceptors (Lipinski definition) is 3. The minimum absolute atomic E-state index is 0.291. The number of benzene rings is 2. The first kappa shape index (κ1) is 17.2. The Kier molecular flexibility index (Phi) is 4.63. The molecule has 0 bridgehead atoms. The van der Waals surface area contributed by atoms with E-state index in [2.05, 4.69) is 9.82 Å². The van der Waals surface area contributed by atoms with Crippen LogP contribution in [0.4, 0.5) is 5.69 Å². The molecule has 2 aromatic carbocycles. The van der Waals surface area contributed by atoms with Gasteiger partial charge in [0.2, 0.25) is 0 Å². The van der Waals surface area contributed by atoms with E-state index in [4.69, 9.17) is 0 Å². The van der Waals surface area contributed by atoms with Crippen molar-refractivity contribution in [2.45, 2.75) is 32.2 Å². The van der Waals surface area contributed by atoms with Gasteiger partial charge in [-0.1, -0.05) is 42.0 Å². The molecule has 0 saturated carbocycles. The van der Waals surface area contributed by atoms with Gasteiger partial charge in [-0.15, -0.1) is 0 Å². The second-order valence-electron chi connectivity index (χ2n) is 6.29. The lowest BCUT2D eigenvalue weighted by Gasteiger charge is -2.09. The summed E-state index contributed by atoms with van der Waals surface area (Å²) in [5, 5.41) is 4.24. The summed E-state index contributed by atoms with van der Waals surface area (Å²) in [6.45, 7) is 6.29. The maximum Gasteiger partial charge on any atom is 0.262 e. The van der Waals surface area contributed by atoms with Crippen LogP contribution in [0.2, 0.25) is 0 Å². The minimum atomic E-state index is -3.63. The van der Waals surface area contributed by atoms with E-state index in [9.17, 15) is 8.42 Å². The van der Waals surface area contributed by atoms with Crippen LogP contribution in [0, 0.1) is 20.8 Å². The zero-order chi connectivity index (χ0) is 18.0. The Labute approximate surface area is 148 Å². The summed E-state index contributed by atoms with van der Waals surface area (Å²) in [6.07, 6.45) is 3.22. The molecule has 5 nitrogen and oxygen atoms in total. The van der Waals surface area contributed by atoms with Gasteiger partial charge in [-0.25, -0.2) is 8.42 Å². The standard InChI is InChI=1S/C19H21N3O2S/c1-14-5-8-17(9-6-14)12-22-13-18(11-20-22)21-25(23,24)19-10-15(2)4-7-16(19)3/h4-11,13,21H,12H2,1-3H3. The van der Waals surface area contributed by atoms with Crippen LogP contribution in [-0.2, 0) is 16.6 Å².